The fraction of sp³-hybridized carbons (Fsp3) is 0.870. The van der Waals surface area contributed by atoms with Crippen LogP contribution in [0.4, 0.5) is 0 Å². The van der Waals surface area contributed by atoms with E-state index in [2.05, 4.69) is 76.7 Å². The Morgan fingerprint density at radius 3 is 2.29 bits per heavy atom. The molecule has 0 bridgehead atoms. The highest BCUT2D eigenvalue weighted by atomic mass is 33.1. The Morgan fingerprint density at radius 1 is 1.10 bits per heavy atom. The van der Waals surface area contributed by atoms with Gasteiger partial charge in [-0.3, -0.25) is 4.79 Å². The molecule has 0 fully saturated rings. The van der Waals surface area contributed by atoms with Crippen molar-refractivity contribution in [2.45, 2.75) is 84.1 Å². The lowest BCUT2D eigenvalue weighted by Crippen LogP contribution is -2.50. The van der Waals surface area contributed by atoms with Gasteiger partial charge in [-0.05, 0) is 12.0 Å². The van der Waals surface area contributed by atoms with Crippen molar-refractivity contribution in [3.63, 3.8) is 0 Å². The van der Waals surface area contributed by atoms with E-state index in [1.165, 1.54) is 0 Å². The third kappa shape index (κ3) is 12.6. The third-order valence-electron chi connectivity index (χ3n) is 5.57. The molecule has 0 aliphatic rings. The van der Waals surface area contributed by atoms with E-state index in [0.29, 0.717) is 31.7 Å². The fourth-order valence-electron chi connectivity index (χ4n) is 2.44. The van der Waals surface area contributed by atoms with Crippen LogP contribution in [0, 0.1) is 17.8 Å². The van der Waals surface area contributed by atoms with Gasteiger partial charge in [0, 0.05) is 24.3 Å². The first-order chi connectivity index (χ1) is 14.2. The molecule has 1 amide bonds. The van der Waals surface area contributed by atoms with Crippen LogP contribution in [-0.4, -0.2) is 63.6 Å². The molecule has 0 spiro atoms. The number of carbonyl (C=O) groups excluding carboxylic acids is 1. The first-order valence-electron chi connectivity index (χ1n) is 11.2. The number of ether oxygens (including phenoxy) is 2. The summed E-state index contributed by atoms with van der Waals surface area (Å²) in [6.07, 6.45) is 0. The summed E-state index contributed by atoms with van der Waals surface area (Å²) in [5.74, 6) is 7.14. The van der Waals surface area contributed by atoms with Crippen molar-refractivity contribution < 1.29 is 14.3 Å². The monoisotopic (exact) mass is 490 g/mol. The molecule has 0 radical (unpaired) electrons. The molecule has 0 aromatic heterocycles. The number of nitrogens with one attached hydrogen (secondary N) is 2. The predicted octanol–water partition coefficient (Wildman–Crippen LogP) is 5.01. The molecule has 0 aliphatic carbocycles. The lowest BCUT2D eigenvalue weighted by atomic mass is 10.1. The Kier molecular flexibility index (Phi) is 14.8. The van der Waals surface area contributed by atoms with Gasteiger partial charge >= 0.3 is 0 Å². The van der Waals surface area contributed by atoms with Crippen LogP contribution in [0.25, 0.3) is 0 Å². The van der Waals surface area contributed by atoms with Crippen molar-refractivity contribution in [2.75, 3.05) is 38.7 Å². The van der Waals surface area contributed by atoms with Crippen LogP contribution in [0.5, 0.6) is 0 Å². The molecule has 0 aromatic rings. The summed E-state index contributed by atoms with van der Waals surface area (Å²) in [7, 11) is 2.18. The third-order valence-corrected chi connectivity index (χ3v) is 13.2. The van der Waals surface area contributed by atoms with E-state index in [1.807, 2.05) is 35.4 Å². The molecule has 1 unspecified atom stereocenters. The van der Waals surface area contributed by atoms with Crippen molar-refractivity contribution in [2.24, 2.45) is 5.92 Å². The molecule has 0 heterocycles. The van der Waals surface area contributed by atoms with E-state index < -0.39 is 8.07 Å². The Morgan fingerprint density at radius 2 is 1.74 bits per heavy atom. The van der Waals surface area contributed by atoms with Gasteiger partial charge in [-0.15, -0.1) is 0 Å². The minimum absolute atomic E-state index is 0.0314. The smallest absolute Gasteiger partial charge is 0.246 e. The number of rotatable bonds is 15. The summed E-state index contributed by atoms with van der Waals surface area (Å²) in [4.78, 5) is 11.5. The Labute approximate surface area is 200 Å². The molecular weight excluding hydrogens is 444 g/mol. The zero-order valence-electron chi connectivity index (χ0n) is 21.4. The fourth-order valence-corrected chi connectivity index (χ4v) is 7.96. The standard InChI is InChI=1S/C23H46N2O3S2Si/c1-19(2)12-11-13-25-21(26)18-27-15-16-28-23(7,22(5,6)31(8,9)10)30-29-17-14-24-20(3)4/h19-20,24H,13-18H2,1-10H3,(H,25,26). The normalized spacial score (nSPS) is 14.3. The molecule has 5 nitrogen and oxygen atoms in total. The summed E-state index contributed by atoms with van der Waals surface area (Å²) in [5, 5.41) is 6.26. The van der Waals surface area contributed by atoms with Crippen LogP contribution in [-0.2, 0) is 14.3 Å². The van der Waals surface area contributed by atoms with E-state index in [0.717, 1.165) is 12.3 Å². The summed E-state index contributed by atoms with van der Waals surface area (Å²) >= 11 is 0. The number of hydrogen-bond donors (Lipinski definition) is 2. The van der Waals surface area contributed by atoms with Crippen molar-refractivity contribution in [1.29, 1.82) is 0 Å². The minimum atomic E-state index is -1.51. The predicted molar refractivity (Wildman–Crippen MR) is 141 cm³/mol. The second kappa shape index (κ2) is 14.9. The van der Waals surface area contributed by atoms with Gasteiger partial charge in [-0.1, -0.05) is 94.6 Å². The minimum Gasteiger partial charge on any atom is -0.369 e. The van der Waals surface area contributed by atoms with Gasteiger partial charge in [0.2, 0.25) is 5.91 Å². The maximum atomic E-state index is 11.8. The lowest BCUT2D eigenvalue weighted by Gasteiger charge is -2.50. The first-order valence-corrected chi connectivity index (χ1v) is 17.1. The van der Waals surface area contributed by atoms with E-state index in [9.17, 15) is 4.79 Å². The second-order valence-corrected chi connectivity index (χ2v) is 18.5. The van der Waals surface area contributed by atoms with Crippen molar-refractivity contribution in [3.05, 3.63) is 0 Å². The zero-order valence-corrected chi connectivity index (χ0v) is 24.1. The highest BCUT2D eigenvalue weighted by molar-refractivity contribution is 8.77. The summed E-state index contributed by atoms with van der Waals surface area (Å²) in [6.45, 7) is 24.6. The Hall–Kier alpha value is -0.173. The van der Waals surface area contributed by atoms with Gasteiger partial charge in [-0.25, -0.2) is 0 Å². The summed E-state index contributed by atoms with van der Waals surface area (Å²) in [5.41, 5.74) is 0. The van der Waals surface area contributed by atoms with Crippen LogP contribution < -0.4 is 10.6 Å². The van der Waals surface area contributed by atoms with Gasteiger partial charge < -0.3 is 20.1 Å². The van der Waals surface area contributed by atoms with Gasteiger partial charge in [0.05, 0.1) is 27.8 Å². The topological polar surface area (TPSA) is 59.6 Å². The lowest BCUT2D eigenvalue weighted by molar-refractivity contribution is -0.126. The maximum absolute atomic E-state index is 11.8. The highest BCUT2D eigenvalue weighted by Gasteiger charge is 2.51. The van der Waals surface area contributed by atoms with E-state index in [1.54, 1.807) is 0 Å². The molecule has 2 N–H and O–H groups in total. The molecule has 0 aromatic carbocycles. The first kappa shape index (κ1) is 30.8. The molecule has 0 saturated heterocycles. The largest absolute Gasteiger partial charge is 0.369 e. The molecule has 0 aliphatic heterocycles. The van der Waals surface area contributed by atoms with Crippen LogP contribution in [0.1, 0.15) is 48.5 Å². The number of amides is 1. The average molecular weight is 491 g/mol. The van der Waals surface area contributed by atoms with Crippen LogP contribution in [0.3, 0.4) is 0 Å². The van der Waals surface area contributed by atoms with E-state index >= 15 is 0 Å². The van der Waals surface area contributed by atoms with E-state index in [-0.39, 0.29) is 22.5 Å². The molecular formula is C23H46N2O3S2Si. The maximum Gasteiger partial charge on any atom is 0.246 e. The van der Waals surface area contributed by atoms with Gasteiger partial charge in [0.15, 0.2) is 0 Å². The van der Waals surface area contributed by atoms with Gasteiger partial charge in [0.1, 0.15) is 11.5 Å². The van der Waals surface area contributed by atoms with Gasteiger partial charge in [0.25, 0.3) is 0 Å². The van der Waals surface area contributed by atoms with E-state index in [4.69, 9.17) is 9.47 Å². The quantitative estimate of drug-likeness (QED) is 0.111. The van der Waals surface area contributed by atoms with Crippen LogP contribution in [0.2, 0.25) is 24.7 Å². The number of hydrogen-bond acceptors (Lipinski definition) is 6. The molecule has 31 heavy (non-hydrogen) atoms. The molecule has 0 rings (SSSR count). The summed E-state index contributed by atoms with van der Waals surface area (Å²) < 4.78 is 12.0. The average Bonchev–Trinajstić information content (AvgIpc) is 2.63. The number of carbonyl (C=O) groups is 1. The molecule has 1 atom stereocenters. The molecule has 0 saturated carbocycles. The summed E-state index contributed by atoms with van der Waals surface area (Å²) in [6, 6.07) is 0.503. The molecule has 8 heteroatoms. The highest BCUT2D eigenvalue weighted by Crippen LogP contribution is 2.57. The zero-order chi connectivity index (χ0) is 24.1. The van der Waals surface area contributed by atoms with Crippen molar-refractivity contribution in [3.8, 4) is 11.8 Å². The SMILES string of the molecule is CC(C)C#CCNC(=O)COCCOC(C)(SSCCNC(C)C)C(C)(C)[Si](C)(C)C. The Bertz CT molecular complexity index is 584. The van der Waals surface area contributed by atoms with Crippen LogP contribution in [0.15, 0.2) is 0 Å². The second-order valence-electron chi connectivity index (χ2n) is 9.99. The van der Waals surface area contributed by atoms with Crippen LogP contribution >= 0.6 is 21.6 Å². The van der Waals surface area contributed by atoms with Crippen molar-refractivity contribution >= 4 is 35.6 Å². The van der Waals surface area contributed by atoms with Gasteiger partial charge in [-0.2, -0.15) is 0 Å². The Balaban J connectivity index is 4.58. The molecule has 182 valence electrons. The van der Waals surface area contributed by atoms with Crippen molar-refractivity contribution in [1.82, 2.24) is 10.6 Å².